The lowest BCUT2D eigenvalue weighted by Gasteiger charge is -2.37. The maximum absolute atomic E-state index is 12.8. The van der Waals surface area contributed by atoms with Gasteiger partial charge in [0.15, 0.2) is 5.58 Å². The third-order valence-electron chi connectivity index (χ3n) is 6.40. The molecule has 0 amide bonds. The molecule has 0 fully saturated rings. The fourth-order valence-corrected chi connectivity index (χ4v) is 5.03. The van der Waals surface area contributed by atoms with Gasteiger partial charge in [-0.05, 0) is 49.4 Å². The van der Waals surface area contributed by atoms with Gasteiger partial charge in [-0.2, -0.15) is 0 Å². The van der Waals surface area contributed by atoms with Crippen molar-refractivity contribution >= 4 is 38.6 Å². The summed E-state index contributed by atoms with van der Waals surface area (Å²) >= 11 is 0. The molecule has 0 N–H and O–H groups in total. The van der Waals surface area contributed by atoms with Gasteiger partial charge < -0.3 is 13.7 Å². The Labute approximate surface area is 167 Å². The van der Waals surface area contributed by atoms with E-state index < -0.39 is 0 Å². The minimum atomic E-state index is -0.345. The molecule has 0 saturated carbocycles. The topological polar surface area (TPSA) is 49.6 Å². The summed E-state index contributed by atoms with van der Waals surface area (Å²) in [5.74, 6) is 0. The lowest BCUT2D eigenvalue weighted by Crippen LogP contribution is -2.34. The monoisotopic (exact) mass is 387 g/mol. The van der Waals surface area contributed by atoms with Gasteiger partial charge in [0.2, 0.25) is 5.36 Å². The number of anilines is 1. The van der Waals surface area contributed by atoms with Crippen molar-refractivity contribution in [3.63, 3.8) is 0 Å². The largest absolute Gasteiger partial charge is 0.455 e. The van der Waals surface area contributed by atoms with Crippen LogP contribution in [0.2, 0.25) is 0 Å². The molecule has 0 unspecified atom stereocenters. The summed E-state index contributed by atoms with van der Waals surface area (Å²) in [5.41, 5.74) is 5.82. The minimum Gasteiger partial charge on any atom is -0.455 e. The molecule has 2 aliphatic rings. The highest BCUT2D eigenvalue weighted by atomic mass is 16.4. The number of hydrogen-bond donors (Lipinski definition) is 0. The van der Waals surface area contributed by atoms with Crippen molar-refractivity contribution in [2.45, 2.75) is 25.7 Å². The number of nitrogens with zero attached hydrogens (tertiary/aromatic N) is 2. The second-order valence-electron chi connectivity index (χ2n) is 8.43. The van der Waals surface area contributed by atoms with E-state index in [1.54, 1.807) is 0 Å². The van der Waals surface area contributed by atoms with Crippen molar-refractivity contribution < 1.29 is 8.83 Å². The van der Waals surface area contributed by atoms with Crippen molar-refractivity contribution in [3.05, 3.63) is 57.2 Å². The summed E-state index contributed by atoms with van der Waals surface area (Å²) in [6, 6.07) is 10.1. The minimum absolute atomic E-state index is 0.345. The third-order valence-corrected chi connectivity index (χ3v) is 6.40. The Morgan fingerprint density at radius 1 is 0.931 bits per heavy atom. The van der Waals surface area contributed by atoms with Gasteiger partial charge in [0.05, 0.1) is 11.5 Å². The van der Waals surface area contributed by atoms with Crippen molar-refractivity contribution in [1.82, 2.24) is 4.58 Å². The molecule has 0 bridgehead atoms. The van der Waals surface area contributed by atoms with Crippen molar-refractivity contribution in [1.29, 1.82) is 0 Å². The summed E-state index contributed by atoms with van der Waals surface area (Å²) in [4.78, 5) is 15.3. The van der Waals surface area contributed by atoms with E-state index >= 15 is 0 Å². The van der Waals surface area contributed by atoms with Crippen molar-refractivity contribution in [3.8, 4) is 0 Å². The van der Waals surface area contributed by atoms with Crippen LogP contribution >= 0.6 is 0 Å². The predicted molar refractivity (Wildman–Crippen MR) is 116 cm³/mol. The molecule has 0 aliphatic carbocycles. The van der Waals surface area contributed by atoms with Crippen molar-refractivity contribution in [2.24, 2.45) is 0 Å². The highest BCUT2D eigenvalue weighted by Gasteiger charge is 2.27. The van der Waals surface area contributed by atoms with Gasteiger partial charge in [-0.15, -0.1) is 0 Å². The maximum atomic E-state index is 12.8. The van der Waals surface area contributed by atoms with Gasteiger partial charge in [0, 0.05) is 35.8 Å². The predicted octanol–water partition coefficient (Wildman–Crippen LogP) is 3.42. The van der Waals surface area contributed by atoms with Crippen LogP contribution in [0, 0.1) is 0 Å². The van der Waals surface area contributed by atoms with E-state index in [2.05, 4.69) is 11.0 Å². The van der Waals surface area contributed by atoms with Gasteiger partial charge in [-0.25, -0.2) is 9.37 Å². The molecule has 2 aromatic carbocycles. The van der Waals surface area contributed by atoms with Crippen LogP contribution in [-0.4, -0.2) is 27.2 Å². The lowest BCUT2D eigenvalue weighted by atomic mass is 9.90. The fraction of sp³-hybridized carbons (Fsp3) is 0.333. The van der Waals surface area contributed by atoms with Crippen LogP contribution in [0.5, 0.6) is 0 Å². The van der Waals surface area contributed by atoms with Crippen LogP contribution in [0.4, 0.5) is 5.69 Å². The smallest absolute Gasteiger partial charge is 0.347 e. The number of benzene rings is 2. The van der Waals surface area contributed by atoms with E-state index in [0.717, 1.165) is 54.1 Å². The first-order valence-electron chi connectivity index (χ1n) is 10.3. The zero-order valence-corrected chi connectivity index (χ0v) is 16.7. The second-order valence-corrected chi connectivity index (χ2v) is 8.43. The average molecular weight is 387 g/mol. The van der Waals surface area contributed by atoms with Crippen molar-refractivity contribution in [2.75, 3.05) is 32.1 Å². The van der Waals surface area contributed by atoms with Crippen LogP contribution in [0.1, 0.15) is 24.0 Å². The van der Waals surface area contributed by atoms with Crippen LogP contribution < -0.4 is 20.5 Å². The fourth-order valence-electron chi connectivity index (χ4n) is 5.03. The van der Waals surface area contributed by atoms with Crippen LogP contribution in [0.3, 0.4) is 0 Å². The summed E-state index contributed by atoms with van der Waals surface area (Å²) in [6.45, 7) is 2.25. The first kappa shape index (κ1) is 16.8. The standard InChI is InChI=1S/C24H23N2O3/c1-25(2)16-7-8-17-20(13-16)28-24(27)19-12-15-11-14-5-3-9-26-10-4-6-18(21(14)26)22(15)29-23(17)19/h7-8,11-13H,3-6,9-10H2,1-2H3/q+1. The van der Waals surface area contributed by atoms with Gasteiger partial charge in [-0.1, -0.05) is 0 Å². The summed E-state index contributed by atoms with van der Waals surface area (Å²) in [7, 11) is 3.94. The van der Waals surface area contributed by atoms with E-state index in [1.807, 2.05) is 42.9 Å². The number of aryl methyl sites for hydroxylation is 2. The van der Waals surface area contributed by atoms with E-state index in [-0.39, 0.29) is 5.63 Å². The molecule has 6 rings (SSSR count). The lowest BCUT2D eigenvalue weighted by molar-refractivity contribution is 0.562. The molecule has 2 aliphatic heterocycles. The Morgan fingerprint density at radius 2 is 1.76 bits per heavy atom. The molecule has 5 nitrogen and oxygen atoms in total. The summed E-state index contributed by atoms with van der Waals surface area (Å²) in [6.07, 6.45) is 4.44. The molecule has 29 heavy (non-hydrogen) atoms. The Morgan fingerprint density at radius 3 is 2.59 bits per heavy atom. The first-order valence-corrected chi connectivity index (χ1v) is 10.3. The average Bonchev–Trinajstić information content (AvgIpc) is 2.73. The van der Waals surface area contributed by atoms with E-state index in [1.165, 1.54) is 23.2 Å². The normalized spacial score (nSPS) is 15.9. The van der Waals surface area contributed by atoms with E-state index in [0.29, 0.717) is 16.6 Å². The van der Waals surface area contributed by atoms with E-state index in [4.69, 9.17) is 8.83 Å². The third kappa shape index (κ3) is 2.40. The Bertz CT molecular complexity index is 1450. The Kier molecular flexibility index (Phi) is 3.46. The van der Waals surface area contributed by atoms with Gasteiger partial charge in [-0.3, -0.25) is 0 Å². The molecular weight excluding hydrogens is 364 g/mol. The zero-order chi connectivity index (χ0) is 19.7. The highest BCUT2D eigenvalue weighted by molar-refractivity contribution is 6.04. The molecule has 0 spiro atoms. The highest BCUT2D eigenvalue weighted by Crippen LogP contribution is 2.41. The molecule has 5 heteroatoms. The van der Waals surface area contributed by atoms with Gasteiger partial charge >= 0.3 is 5.63 Å². The second kappa shape index (κ2) is 5.96. The van der Waals surface area contributed by atoms with Crippen LogP contribution in [0.15, 0.2) is 44.0 Å². The summed E-state index contributed by atoms with van der Waals surface area (Å²) < 4.78 is 14.2. The van der Waals surface area contributed by atoms with Crippen LogP contribution in [0.25, 0.3) is 32.9 Å². The Balaban J connectivity index is 1.76. The van der Waals surface area contributed by atoms with Gasteiger partial charge in [0.1, 0.15) is 30.6 Å². The molecular formula is C24H23N2O3+. The SMILES string of the molecule is C[N+](C)=c1ccc2c(c1)oc(=O)c1cc3cc4c5c(c3oc12)CCCN5CCC4. The molecule has 0 atom stereocenters. The number of hydrogen-bond acceptors (Lipinski definition) is 4. The molecule has 4 aromatic rings. The zero-order valence-electron chi connectivity index (χ0n) is 16.7. The first-order chi connectivity index (χ1) is 14.1. The molecule has 2 aromatic heterocycles. The summed E-state index contributed by atoms with van der Waals surface area (Å²) in [5, 5.41) is 3.34. The molecule has 0 saturated heterocycles. The van der Waals surface area contributed by atoms with Gasteiger partial charge in [0.25, 0.3) is 0 Å². The number of rotatable bonds is 0. The number of fused-ring (bicyclic) bond motifs is 5. The Hall–Kier alpha value is -3.08. The molecule has 146 valence electrons. The molecule has 4 heterocycles. The molecule has 0 radical (unpaired) electrons. The van der Waals surface area contributed by atoms with E-state index in [9.17, 15) is 4.79 Å². The maximum Gasteiger partial charge on any atom is 0.347 e. The van der Waals surface area contributed by atoms with Crippen LogP contribution in [-0.2, 0) is 12.8 Å². The quantitative estimate of drug-likeness (QED) is 0.201.